The molecule has 1 aromatic heterocycles. The molecule has 0 bridgehead atoms. The SMILES string of the molecule is CC(C)Oc1cc(NC2Cc3ccccc3C2)ncn1. The van der Waals surface area contributed by atoms with E-state index in [9.17, 15) is 0 Å². The number of anilines is 1. The van der Waals surface area contributed by atoms with Crippen LogP contribution in [0, 0.1) is 0 Å². The standard InChI is InChI=1S/C16H19N3O/c1-11(2)20-16-9-15(17-10-18-16)19-14-7-12-5-3-4-6-13(12)8-14/h3-6,9-11,14H,7-8H2,1-2H3,(H,17,18,19). The first-order valence-corrected chi connectivity index (χ1v) is 7.03. The van der Waals surface area contributed by atoms with Crippen molar-refractivity contribution in [3.63, 3.8) is 0 Å². The van der Waals surface area contributed by atoms with Crippen molar-refractivity contribution < 1.29 is 4.74 Å². The van der Waals surface area contributed by atoms with Gasteiger partial charge in [0, 0.05) is 12.1 Å². The molecule has 0 unspecified atom stereocenters. The van der Waals surface area contributed by atoms with E-state index in [1.807, 2.05) is 19.9 Å². The summed E-state index contributed by atoms with van der Waals surface area (Å²) in [5.74, 6) is 1.45. The summed E-state index contributed by atoms with van der Waals surface area (Å²) in [6.45, 7) is 3.98. The highest BCUT2D eigenvalue weighted by Gasteiger charge is 2.21. The molecule has 3 rings (SSSR count). The minimum absolute atomic E-state index is 0.119. The summed E-state index contributed by atoms with van der Waals surface area (Å²) in [4.78, 5) is 8.39. The molecule has 1 aliphatic rings. The predicted octanol–water partition coefficient (Wildman–Crippen LogP) is 2.84. The molecule has 1 aliphatic carbocycles. The number of hydrogen-bond donors (Lipinski definition) is 1. The molecule has 0 amide bonds. The number of hydrogen-bond acceptors (Lipinski definition) is 4. The lowest BCUT2D eigenvalue weighted by Gasteiger charge is -2.14. The summed E-state index contributed by atoms with van der Waals surface area (Å²) in [5.41, 5.74) is 2.86. The third-order valence-corrected chi connectivity index (χ3v) is 3.40. The largest absolute Gasteiger partial charge is 0.475 e. The van der Waals surface area contributed by atoms with Crippen molar-refractivity contribution in [2.24, 2.45) is 0 Å². The van der Waals surface area contributed by atoms with Crippen LogP contribution in [-0.4, -0.2) is 22.1 Å². The van der Waals surface area contributed by atoms with Crippen LogP contribution in [0.2, 0.25) is 0 Å². The van der Waals surface area contributed by atoms with E-state index in [4.69, 9.17) is 4.74 Å². The number of nitrogens with zero attached hydrogens (tertiary/aromatic N) is 2. The van der Waals surface area contributed by atoms with Crippen LogP contribution in [0.4, 0.5) is 5.82 Å². The van der Waals surface area contributed by atoms with E-state index >= 15 is 0 Å². The average Bonchev–Trinajstić information content (AvgIpc) is 2.80. The molecule has 1 aromatic carbocycles. The maximum atomic E-state index is 5.59. The fourth-order valence-corrected chi connectivity index (χ4v) is 2.59. The summed E-state index contributed by atoms with van der Waals surface area (Å²) in [6, 6.07) is 10.9. The van der Waals surface area contributed by atoms with Gasteiger partial charge in [0.2, 0.25) is 5.88 Å². The van der Waals surface area contributed by atoms with Gasteiger partial charge in [-0.1, -0.05) is 24.3 Å². The lowest BCUT2D eigenvalue weighted by molar-refractivity contribution is 0.232. The molecule has 2 aromatic rings. The van der Waals surface area contributed by atoms with Crippen LogP contribution < -0.4 is 10.1 Å². The lowest BCUT2D eigenvalue weighted by Crippen LogP contribution is -2.20. The molecule has 20 heavy (non-hydrogen) atoms. The Balaban J connectivity index is 1.68. The Morgan fingerprint density at radius 3 is 2.50 bits per heavy atom. The fourth-order valence-electron chi connectivity index (χ4n) is 2.59. The van der Waals surface area contributed by atoms with Gasteiger partial charge in [-0.2, -0.15) is 0 Å². The minimum atomic E-state index is 0.119. The molecular formula is C16H19N3O. The van der Waals surface area contributed by atoms with Crippen LogP contribution in [0.5, 0.6) is 5.88 Å². The first-order valence-electron chi connectivity index (χ1n) is 7.03. The maximum absolute atomic E-state index is 5.59. The van der Waals surface area contributed by atoms with Crippen LogP contribution in [0.15, 0.2) is 36.7 Å². The average molecular weight is 269 g/mol. The summed E-state index contributed by atoms with van der Waals surface area (Å²) < 4.78 is 5.59. The Hall–Kier alpha value is -2.10. The van der Waals surface area contributed by atoms with Gasteiger partial charge in [0.15, 0.2) is 0 Å². The third-order valence-electron chi connectivity index (χ3n) is 3.40. The molecule has 4 heteroatoms. The van der Waals surface area contributed by atoms with Crippen molar-refractivity contribution in [1.82, 2.24) is 9.97 Å². The van der Waals surface area contributed by atoms with Gasteiger partial charge in [-0.3, -0.25) is 0 Å². The van der Waals surface area contributed by atoms with Crippen molar-refractivity contribution in [2.75, 3.05) is 5.32 Å². The Bertz CT molecular complexity index is 573. The molecule has 1 N–H and O–H groups in total. The molecule has 0 saturated heterocycles. The Kier molecular flexibility index (Phi) is 3.54. The van der Waals surface area contributed by atoms with Crippen LogP contribution in [-0.2, 0) is 12.8 Å². The number of rotatable bonds is 4. The van der Waals surface area contributed by atoms with E-state index < -0.39 is 0 Å². The van der Waals surface area contributed by atoms with E-state index in [1.165, 1.54) is 11.1 Å². The van der Waals surface area contributed by atoms with Gasteiger partial charge in [-0.05, 0) is 37.8 Å². The normalized spacial score (nSPS) is 14.3. The summed E-state index contributed by atoms with van der Waals surface area (Å²) in [7, 11) is 0. The molecule has 0 saturated carbocycles. The van der Waals surface area contributed by atoms with Crippen LogP contribution in [0.25, 0.3) is 0 Å². The molecule has 0 atom stereocenters. The predicted molar refractivity (Wildman–Crippen MR) is 79.1 cm³/mol. The highest BCUT2D eigenvalue weighted by molar-refractivity contribution is 5.42. The Morgan fingerprint density at radius 2 is 1.85 bits per heavy atom. The van der Waals surface area contributed by atoms with Crippen molar-refractivity contribution in [2.45, 2.75) is 38.8 Å². The highest BCUT2D eigenvalue weighted by atomic mass is 16.5. The van der Waals surface area contributed by atoms with Gasteiger partial charge < -0.3 is 10.1 Å². The van der Waals surface area contributed by atoms with E-state index in [1.54, 1.807) is 6.33 Å². The van der Waals surface area contributed by atoms with Crippen LogP contribution >= 0.6 is 0 Å². The fraction of sp³-hybridized carbons (Fsp3) is 0.375. The van der Waals surface area contributed by atoms with Crippen molar-refractivity contribution >= 4 is 5.82 Å². The van der Waals surface area contributed by atoms with Gasteiger partial charge in [-0.25, -0.2) is 9.97 Å². The number of benzene rings is 1. The first kappa shape index (κ1) is 12.9. The maximum Gasteiger partial charge on any atom is 0.218 e. The lowest BCUT2D eigenvalue weighted by atomic mass is 10.1. The number of aromatic nitrogens is 2. The van der Waals surface area contributed by atoms with Gasteiger partial charge >= 0.3 is 0 Å². The molecule has 104 valence electrons. The summed E-state index contributed by atoms with van der Waals surface area (Å²) in [6.07, 6.45) is 3.75. The van der Waals surface area contributed by atoms with E-state index in [2.05, 4.69) is 39.6 Å². The van der Waals surface area contributed by atoms with Crippen molar-refractivity contribution in [1.29, 1.82) is 0 Å². The van der Waals surface area contributed by atoms with E-state index in [-0.39, 0.29) is 6.10 Å². The second-order valence-corrected chi connectivity index (χ2v) is 5.43. The second kappa shape index (κ2) is 5.49. The van der Waals surface area contributed by atoms with Crippen molar-refractivity contribution in [3.05, 3.63) is 47.8 Å². The topological polar surface area (TPSA) is 47.0 Å². The van der Waals surface area contributed by atoms with E-state index in [0.717, 1.165) is 18.7 Å². The number of ether oxygens (including phenoxy) is 1. The molecule has 1 heterocycles. The van der Waals surface area contributed by atoms with E-state index in [0.29, 0.717) is 11.9 Å². The van der Waals surface area contributed by atoms with Crippen molar-refractivity contribution in [3.8, 4) is 5.88 Å². The van der Waals surface area contributed by atoms with Gasteiger partial charge in [0.25, 0.3) is 0 Å². The molecular weight excluding hydrogens is 250 g/mol. The smallest absolute Gasteiger partial charge is 0.218 e. The first-order chi connectivity index (χ1) is 9.70. The molecule has 0 aliphatic heterocycles. The van der Waals surface area contributed by atoms with Gasteiger partial charge in [0.1, 0.15) is 12.1 Å². The van der Waals surface area contributed by atoms with Crippen LogP contribution in [0.3, 0.4) is 0 Å². The zero-order valence-corrected chi connectivity index (χ0v) is 11.8. The monoisotopic (exact) mass is 269 g/mol. The molecule has 0 radical (unpaired) electrons. The van der Waals surface area contributed by atoms with Crippen LogP contribution in [0.1, 0.15) is 25.0 Å². The van der Waals surface area contributed by atoms with Gasteiger partial charge in [0.05, 0.1) is 6.10 Å². The zero-order chi connectivity index (χ0) is 13.9. The third kappa shape index (κ3) is 2.90. The Labute approximate surface area is 119 Å². The number of fused-ring (bicyclic) bond motifs is 1. The molecule has 0 spiro atoms. The molecule has 0 fully saturated rings. The van der Waals surface area contributed by atoms with Gasteiger partial charge in [-0.15, -0.1) is 0 Å². The minimum Gasteiger partial charge on any atom is -0.475 e. The molecule has 4 nitrogen and oxygen atoms in total. The number of nitrogens with one attached hydrogen (secondary N) is 1. The highest BCUT2D eigenvalue weighted by Crippen LogP contribution is 2.24. The summed E-state index contributed by atoms with van der Waals surface area (Å²) in [5, 5.41) is 3.47. The quantitative estimate of drug-likeness (QED) is 0.927. The zero-order valence-electron chi connectivity index (χ0n) is 11.8. The summed E-state index contributed by atoms with van der Waals surface area (Å²) >= 11 is 0. The Morgan fingerprint density at radius 1 is 1.15 bits per heavy atom. The second-order valence-electron chi connectivity index (χ2n) is 5.43.